The number of halogens is 1. The van der Waals surface area contributed by atoms with Crippen LogP contribution in [0.25, 0.3) is 22.6 Å². The summed E-state index contributed by atoms with van der Waals surface area (Å²) < 4.78 is 5.26. The Morgan fingerprint density at radius 3 is 2.55 bits per heavy atom. The monoisotopic (exact) mass is 533 g/mol. The number of ether oxygens (including phenoxy) is 1. The van der Waals surface area contributed by atoms with Crippen molar-refractivity contribution in [3.05, 3.63) is 65.3 Å². The van der Waals surface area contributed by atoms with E-state index in [4.69, 9.17) is 21.3 Å². The minimum absolute atomic E-state index is 0.0720. The maximum atomic E-state index is 11.5. The van der Waals surface area contributed by atoms with Gasteiger partial charge in [0.05, 0.1) is 30.6 Å². The lowest BCUT2D eigenvalue weighted by atomic mass is 10.0. The highest BCUT2D eigenvalue weighted by atomic mass is 35.5. The summed E-state index contributed by atoms with van der Waals surface area (Å²) >= 11 is 6.60. The van der Waals surface area contributed by atoms with E-state index in [0.29, 0.717) is 22.5 Å². The molecule has 198 valence electrons. The first-order valence-electron chi connectivity index (χ1n) is 12.7. The van der Waals surface area contributed by atoms with Crippen LogP contribution in [-0.2, 0) is 11.3 Å². The summed E-state index contributed by atoms with van der Waals surface area (Å²) in [6.45, 7) is 3.16. The van der Waals surface area contributed by atoms with Crippen molar-refractivity contribution < 1.29 is 9.53 Å². The molecular formula is C28H32ClN7O2. The number of methoxy groups -OCH3 is 1. The number of carbonyl (C=O) groups excluding carboxylic acids is 1. The molecule has 0 radical (unpaired) electrons. The molecule has 0 atom stereocenters. The van der Waals surface area contributed by atoms with E-state index >= 15 is 0 Å². The quantitative estimate of drug-likeness (QED) is 0.250. The van der Waals surface area contributed by atoms with Gasteiger partial charge in [-0.3, -0.25) is 9.69 Å². The lowest BCUT2D eigenvalue weighted by molar-refractivity contribution is -0.118. The van der Waals surface area contributed by atoms with E-state index in [-0.39, 0.29) is 12.5 Å². The zero-order valence-corrected chi connectivity index (χ0v) is 22.3. The molecule has 2 aromatic carbocycles. The van der Waals surface area contributed by atoms with Gasteiger partial charge in [-0.05, 0) is 54.8 Å². The van der Waals surface area contributed by atoms with Gasteiger partial charge >= 0.3 is 0 Å². The molecule has 1 saturated heterocycles. The molecule has 1 aliphatic heterocycles. The van der Waals surface area contributed by atoms with Crippen LogP contribution in [-0.4, -0.2) is 65.6 Å². The first kappa shape index (κ1) is 25.8. The summed E-state index contributed by atoms with van der Waals surface area (Å²) in [5.41, 5.74) is 5.32. The van der Waals surface area contributed by atoms with Crippen LogP contribution >= 0.6 is 11.6 Å². The number of nitrogens with one attached hydrogen (secondary N) is 4. The van der Waals surface area contributed by atoms with Gasteiger partial charge in [0.15, 0.2) is 5.65 Å². The van der Waals surface area contributed by atoms with E-state index in [1.54, 1.807) is 20.4 Å². The predicted octanol–water partition coefficient (Wildman–Crippen LogP) is 4.52. The fourth-order valence-corrected chi connectivity index (χ4v) is 4.85. The first-order valence-corrected chi connectivity index (χ1v) is 13.1. The van der Waals surface area contributed by atoms with Gasteiger partial charge in [0.2, 0.25) is 5.91 Å². The molecule has 38 heavy (non-hydrogen) atoms. The van der Waals surface area contributed by atoms with Gasteiger partial charge in [0.25, 0.3) is 0 Å². The largest absolute Gasteiger partial charge is 0.497 e. The number of amides is 1. The molecule has 1 amide bonds. The molecule has 0 saturated carbocycles. The highest BCUT2D eigenvalue weighted by Gasteiger charge is 2.22. The Bertz CT molecular complexity index is 1380. The number of pyridine rings is 1. The number of fused-ring (bicyclic) bond motifs is 1. The molecule has 2 aromatic heterocycles. The Kier molecular flexibility index (Phi) is 7.95. The SMILES string of the molecule is CNC(=O)CNc1ccc(-c2nc3ncc(Cl)c(NC4CCN(Cc5ccc(OC)cc5)CC4)c3[nH]2)cc1. The lowest BCUT2D eigenvalue weighted by Crippen LogP contribution is -2.38. The zero-order valence-electron chi connectivity index (χ0n) is 21.6. The molecule has 10 heteroatoms. The number of H-pyrrole nitrogens is 1. The minimum atomic E-state index is -0.0720. The second-order valence-electron chi connectivity index (χ2n) is 9.41. The van der Waals surface area contributed by atoms with Crippen LogP contribution in [0.15, 0.2) is 54.7 Å². The summed E-state index contributed by atoms with van der Waals surface area (Å²) in [6.07, 6.45) is 3.69. The predicted molar refractivity (Wildman–Crippen MR) is 152 cm³/mol. The van der Waals surface area contributed by atoms with Crippen LogP contribution in [0.1, 0.15) is 18.4 Å². The summed E-state index contributed by atoms with van der Waals surface area (Å²) in [6, 6.07) is 16.3. The van der Waals surface area contributed by atoms with Gasteiger partial charge in [-0.25, -0.2) is 9.97 Å². The van der Waals surface area contributed by atoms with Crippen molar-refractivity contribution in [2.24, 2.45) is 0 Å². The first-order chi connectivity index (χ1) is 18.5. The van der Waals surface area contributed by atoms with Crippen molar-refractivity contribution in [1.29, 1.82) is 0 Å². The topological polar surface area (TPSA) is 107 Å². The Balaban J connectivity index is 1.24. The minimum Gasteiger partial charge on any atom is -0.497 e. The fourth-order valence-electron chi connectivity index (χ4n) is 4.66. The van der Waals surface area contributed by atoms with Crippen molar-refractivity contribution >= 4 is 40.0 Å². The summed E-state index contributed by atoms with van der Waals surface area (Å²) in [5.74, 6) is 1.52. The molecule has 4 aromatic rings. The molecule has 3 heterocycles. The molecule has 4 N–H and O–H groups in total. The zero-order chi connectivity index (χ0) is 26.5. The Hall–Kier alpha value is -3.82. The molecule has 1 fully saturated rings. The molecule has 9 nitrogen and oxygen atoms in total. The summed E-state index contributed by atoms with van der Waals surface area (Å²) in [7, 11) is 3.30. The molecule has 0 unspecified atom stereocenters. The molecule has 0 aliphatic carbocycles. The van der Waals surface area contributed by atoms with Crippen molar-refractivity contribution in [1.82, 2.24) is 25.2 Å². The fraction of sp³-hybridized carbons (Fsp3) is 0.321. The number of aromatic nitrogens is 3. The van der Waals surface area contributed by atoms with E-state index in [2.05, 4.69) is 43.0 Å². The number of likely N-dealkylation sites (tertiary alicyclic amines) is 1. The number of aromatic amines is 1. The van der Waals surface area contributed by atoms with E-state index < -0.39 is 0 Å². The maximum absolute atomic E-state index is 11.5. The van der Waals surface area contributed by atoms with Crippen molar-refractivity contribution in [3.63, 3.8) is 0 Å². The normalized spacial score (nSPS) is 14.4. The summed E-state index contributed by atoms with van der Waals surface area (Å²) in [5, 5.41) is 9.92. The number of hydrogen-bond donors (Lipinski definition) is 4. The van der Waals surface area contributed by atoms with Crippen LogP contribution in [0.3, 0.4) is 0 Å². The van der Waals surface area contributed by atoms with E-state index in [9.17, 15) is 4.79 Å². The molecule has 0 spiro atoms. The highest BCUT2D eigenvalue weighted by Crippen LogP contribution is 2.32. The molecule has 5 rings (SSSR count). The molecule has 0 bridgehead atoms. The van der Waals surface area contributed by atoms with E-state index in [1.807, 2.05) is 36.4 Å². The number of imidazole rings is 1. The second-order valence-corrected chi connectivity index (χ2v) is 9.82. The average Bonchev–Trinajstić information content (AvgIpc) is 3.39. The third-order valence-electron chi connectivity index (χ3n) is 6.87. The Labute approximate surface area is 227 Å². The average molecular weight is 534 g/mol. The van der Waals surface area contributed by atoms with E-state index in [0.717, 1.165) is 60.7 Å². The van der Waals surface area contributed by atoms with Gasteiger partial charge < -0.3 is 25.7 Å². The van der Waals surface area contributed by atoms with Crippen molar-refractivity contribution in [3.8, 4) is 17.1 Å². The third kappa shape index (κ3) is 6.00. The van der Waals surface area contributed by atoms with Crippen LogP contribution in [0.2, 0.25) is 5.02 Å². The van der Waals surface area contributed by atoms with Gasteiger partial charge in [-0.2, -0.15) is 0 Å². The Morgan fingerprint density at radius 2 is 1.87 bits per heavy atom. The number of nitrogens with zero attached hydrogens (tertiary/aromatic N) is 3. The van der Waals surface area contributed by atoms with Crippen molar-refractivity contribution in [2.75, 3.05) is 44.4 Å². The number of anilines is 2. The molecular weight excluding hydrogens is 502 g/mol. The number of rotatable bonds is 9. The maximum Gasteiger partial charge on any atom is 0.239 e. The highest BCUT2D eigenvalue weighted by molar-refractivity contribution is 6.34. The van der Waals surface area contributed by atoms with Gasteiger partial charge in [-0.15, -0.1) is 0 Å². The van der Waals surface area contributed by atoms with Gasteiger partial charge in [0.1, 0.15) is 17.1 Å². The van der Waals surface area contributed by atoms with Crippen LogP contribution in [0, 0.1) is 0 Å². The van der Waals surface area contributed by atoms with Crippen molar-refractivity contribution in [2.45, 2.75) is 25.4 Å². The van der Waals surface area contributed by atoms with Gasteiger partial charge in [0, 0.05) is 44.0 Å². The smallest absolute Gasteiger partial charge is 0.239 e. The third-order valence-corrected chi connectivity index (χ3v) is 7.15. The molecule has 1 aliphatic rings. The standard InChI is InChI=1S/C28H32ClN7O2/c1-30-24(37)16-31-20-7-5-19(6-8-20)27-34-26-25(23(29)15-32-28(26)35-27)33-21-11-13-36(14-12-21)17-18-3-9-22(38-2)10-4-18/h3-10,15,21,31H,11-14,16-17H2,1-2H3,(H,30,37)(H2,32,33,34,35). The number of hydrogen-bond acceptors (Lipinski definition) is 7. The van der Waals surface area contributed by atoms with Crippen LogP contribution in [0.4, 0.5) is 11.4 Å². The number of likely N-dealkylation sites (N-methyl/N-ethyl adjacent to an activating group) is 1. The second kappa shape index (κ2) is 11.7. The number of piperidine rings is 1. The van der Waals surface area contributed by atoms with Crippen LogP contribution < -0.4 is 20.7 Å². The number of benzene rings is 2. The van der Waals surface area contributed by atoms with Gasteiger partial charge in [-0.1, -0.05) is 23.7 Å². The summed E-state index contributed by atoms with van der Waals surface area (Å²) in [4.78, 5) is 26.5. The van der Waals surface area contributed by atoms with Crippen LogP contribution in [0.5, 0.6) is 5.75 Å². The lowest BCUT2D eigenvalue weighted by Gasteiger charge is -2.33. The number of carbonyl (C=O) groups is 1. The van der Waals surface area contributed by atoms with E-state index in [1.165, 1.54) is 5.56 Å². The Morgan fingerprint density at radius 1 is 1.13 bits per heavy atom.